The van der Waals surface area contributed by atoms with Gasteiger partial charge in [0.05, 0.1) is 18.8 Å². The zero-order chi connectivity index (χ0) is 28.0. The normalized spacial score (nSPS) is 15.9. The van der Waals surface area contributed by atoms with E-state index in [4.69, 9.17) is 9.47 Å². The molecule has 2 rings (SSSR count). The molecule has 17 heteroatoms. The Balaban J connectivity index is 2.19. The maximum atomic E-state index is 13.7. The molecule has 1 aliphatic heterocycles. The van der Waals surface area contributed by atoms with E-state index in [0.717, 1.165) is 19.1 Å². The van der Waals surface area contributed by atoms with Crippen LogP contribution in [0.15, 0.2) is 17.7 Å². The van der Waals surface area contributed by atoms with Crippen LogP contribution in [-0.2, 0) is 30.3 Å². The van der Waals surface area contributed by atoms with Gasteiger partial charge >= 0.3 is 24.7 Å². The number of hydrogen-bond acceptors (Lipinski definition) is 10. The van der Waals surface area contributed by atoms with Crippen LogP contribution in [0, 0.1) is 10.1 Å². The van der Waals surface area contributed by atoms with E-state index in [1.807, 2.05) is 0 Å². The lowest BCUT2D eigenvalue weighted by atomic mass is 9.97. The van der Waals surface area contributed by atoms with Crippen molar-refractivity contribution in [2.75, 3.05) is 13.2 Å². The van der Waals surface area contributed by atoms with Crippen molar-refractivity contribution >= 4 is 18.2 Å². The number of esters is 1. The Morgan fingerprint density at radius 2 is 1.81 bits per heavy atom. The Bertz CT molecular complexity index is 1040. The van der Waals surface area contributed by atoms with E-state index in [1.165, 1.54) is 6.92 Å². The minimum absolute atomic E-state index is 0.0271. The number of alkyl halides is 6. The topological polar surface area (TPSA) is 133 Å². The number of carbonyl (C=O) groups excluding carboxylic acids is 2. The van der Waals surface area contributed by atoms with Gasteiger partial charge in [-0.3, -0.25) is 0 Å². The summed E-state index contributed by atoms with van der Waals surface area (Å²) in [5.74, 6) is -2.79. The summed E-state index contributed by atoms with van der Waals surface area (Å²) >= 11 is 0. The van der Waals surface area contributed by atoms with E-state index in [1.54, 1.807) is 0 Å². The number of benzene rings is 1. The van der Waals surface area contributed by atoms with E-state index in [0.29, 0.717) is 6.08 Å². The molecule has 1 heterocycles. The maximum absolute atomic E-state index is 13.7. The van der Waals surface area contributed by atoms with Crippen molar-refractivity contribution in [3.05, 3.63) is 38.9 Å². The second kappa shape index (κ2) is 11.9. The van der Waals surface area contributed by atoms with E-state index in [9.17, 15) is 46.0 Å². The van der Waals surface area contributed by atoms with Crippen molar-refractivity contribution in [1.82, 2.24) is 0 Å². The number of ether oxygens (including phenoxy) is 5. The first-order chi connectivity index (χ1) is 17.1. The number of nitrogens with zero attached hydrogens (tertiary/aromatic N) is 1. The first-order valence-electron chi connectivity index (χ1n) is 10.3. The predicted octanol–water partition coefficient (Wildman–Crippen LogP) is 4.50. The first-order valence-corrected chi connectivity index (χ1v) is 10.3. The molecular formula is C20H19F6NO10. The van der Waals surface area contributed by atoms with Crippen LogP contribution in [0.1, 0.15) is 31.4 Å². The van der Waals surface area contributed by atoms with E-state index < -0.39 is 65.8 Å². The summed E-state index contributed by atoms with van der Waals surface area (Å²) in [5.41, 5.74) is -1.49. The van der Waals surface area contributed by atoms with Crippen LogP contribution in [0.5, 0.6) is 11.5 Å². The third-order valence-electron chi connectivity index (χ3n) is 4.39. The van der Waals surface area contributed by atoms with Gasteiger partial charge in [-0.05, 0) is 30.2 Å². The molecule has 206 valence electrons. The number of halogens is 6. The molecule has 37 heavy (non-hydrogen) atoms. The minimum atomic E-state index is -5.14. The van der Waals surface area contributed by atoms with Crippen molar-refractivity contribution in [2.24, 2.45) is 0 Å². The fourth-order valence-corrected chi connectivity index (χ4v) is 2.99. The molecular weight excluding hydrogens is 528 g/mol. The molecule has 1 aliphatic rings. The van der Waals surface area contributed by atoms with E-state index in [2.05, 4.69) is 19.0 Å². The third kappa shape index (κ3) is 8.91. The van der Waals surface area contributed by atoms with Gasteiger partial charge in [0.1, 0.15) is 11.5 Å². The molecule has 0 saturated heterocycles. The molecule has 0 saturated carbocycles. The average molecular weight is 547 g/mol. The summed E-state index contributed by atoms with van der Waals surface area (Å²) in [6.07, 6.45) is -15.7. The lowest BCUT2D eigenvalue weighted by Crippen LogP contribution is -2.41. The highest BCUT2D eigenvalue weighted by Gasteiger charge is 2.49. The molecule has 0 amide bonds. The lowest BCUT2D eigenvalue weighted by Gasteiger charge is -2.30. The van der Waals surface area contributed by atoms with Crippen LogP contribution < -0.4 is 9.47 Å². The van der Waals surface area contributed by atoms with Crippen molar-refractivity contribution in [3.8, 4) is 11.5 Å². The summed E-state index contributed by atoms with van der Waals surface area (Å²) in [6.45, 7) is 1.65. The molecule has 11 nitrogen and oxygen atoms in total. The van der Waals surface area contributed by atoms with Crippen molar-refractivity contribution in [1.29, 1.82) is 0 Å². The molecule has 0 aliphatic carbocycles. The van der Waals surface area contributed by atoms with Gasteiger partial charge in [-0.15, -0.1) is 23.3 Å². The van der Waals surface area contributed by atoms with Crippen LogP contribution in [0.3, 0.4) is 0 Å². The van der Waals surface area contributed by atoms with Gasteiger partial charge in [0.15, 0.2) is 0 Å². The van der Waals surface area contributed by atoms with Crippen molar-refractivity contribution in [3.63, 3.8) is 0 Å². The molecule has 0 spiro atoms. The van der Waals surface area contributed by atoms with Gasteiger partial charge in [0, 0.05) is 18.9 Å². The van der Waals surface area contributed by atoms with Crippen LogP contribution in [0.25, 0.3) is 6.08 Å². The first kappa shape index (κ1) is 29.3. The highest BCUT2D eigenvalue weighted by atomic mass is 19.4. The van der Waals surface area contributed by atoms with Gasteiger partial charge < -0.3 is 28.5 Å². The Hall–Kier alpha value is -3.92. The van der Waals surface area contributed by atoms with E-state index in [-0.39, 0.29) is 30.6 Å². The lowest BCUT2D eigenvalue weighted by molar-refractivity contribution is -0.757. The molecule has 0 radical (unpaired) electrons. The second-order valence-corrected chi connectivity index (χ2v) is 7.14. The molecule has 1 aromatic rings. The van der Waals surface area contributed by atoms with Gasteiger partial charge in [-0.1, -0.05) is 6.92 Å². The van der Waals surface area contributed by atoms with E-state index >= 15 is 0 Å². The number of aryl methyl sites for hydroxylation is 1. The van der Waals surface area contributed by atoms with Gasteiger partial charge in [-0.2, -0.15) is 13.2 Å². The molecule has 0 aromatic heterocycles. The van der Waals surface area contributed by atoms with Crippen LogP contribution >= 0.6 is 0 Å². The zero-order valence-electron chi connectivity index (χ0n) is 19.0. The fourth-order valence-electron chi connectivity index (χ4n) is 2.99. The standard InChI is InChI=1S/C20H19F6NO10/c1-3-11-7-13(37-20(24,25)26)8-12-9-14(16(19(21,22)23)36-15(11)12)17(28)34-10(2)35-18(29)32-5-4-6-33-27(30)31/h7-10,16H,3-6H2,1-2H3. The fraction of sp³-hybridized carbons (Fsp3) is 0.500. The quantitative estimate of drug-likeness (QED) is 0.103. The molecule has 0 N–H and O–H groups in total. The monoisotopic (exact) mass is 547 g/mol. The van der Waals surface area contributed by atoms with Crippen molar-refractivity contribution < 1.29 is 69.5 Å². The summed E-state index contributed by atoms with van der Waals surface area (Å²) in [4.78, 5) is 38.1. The summed E-state index contributed by atoms with van der Waals surface area (Å²) in [5, 5.41) is 8.93. The average Bonchev–Trinajstić information content (AvgIpc) is 2.75. The zero-order valence-corrected chi connectivity index (χ0v) is 19.0. The second-order valence-electron chi connectivity index (χ2n) is 7.14. The molecule has 0 fully saturated rings. The van der Waals surface area contributed by atoms with Crippen molar-refractivity contribution in [2.45, 2.75) is 51.6 Å². The third-order valence-corrected chi connectivity index (χ3v) is 4.39. The minimum Gasteiger partial charge on any atom is -0.475 e. The number of fused-ring (bicyclic) bond motifs is 1. The van der Waals surface area contributed by atoms with Crippen LogP contribution in [0.2, 0.25) is 0 Å². The predicted molar refractivity (Wildman–Crippen MR) is 107 cm³/mol. The molecule has 1 aromatic carbocycles. The Morgan fingerprint density at radius 3 is 2.38 bits per heavy atom. The van der Waals surface area contributed by atoms with Crippen LogP contribution in [0.4, 0.5) is 31.1 Å². The summed E-state index contributed by atoms with van der Waals surface area (Å²) in [6, 6.07) is 1.60. The number of hydrogen-bond donors (Lipinski definition) is 0. The molecule has 2 unspecified atom stereocenters. The molecule has 2 atom stereocenters. The van der Waals surface area contributed by atoms with Gasteiger partial charge in [-0.25, -0.2) is 9.59 Å². The maximum Gasteiger partial charge on any atom is 0.573 e. The highest BCUT2D eigenvalue weighted by molar-refractivity contribution is 5.96. The van der Waals surface area contributed by atoms with Gasteiger partial charge in [0.25, 0.3) is 5.09 Å². The summed E-state index contributed by atoms with van der Waals surface area (Å²) in [7, 11) is 0. The Morgan fingerprint density at radius 1 is 1.14 bits per heavy atom. The van der Waals surface area contributed by atoms with Crippen LogP contribution in [-0.4, -0.2) is 55.4 Å². The SMILES string of the molecule is CCc1cc(OC(F)(F)F)cc2c1OC(C(F)(F)F)C(C(=O)OC(C)OC(=O)OCCCO[N+](=O)[O-])=C2. The molecule has 0 bridgehead atoms. The summed E-state index contributed by atoms with van der Waals surface area (Å²) < 4.78 is 102. The Labute approximate surface area is 203 Å². The largest absolute Gasteiger partial charge is 0.573 e. The van der Waals surface area contributed by atoms with Gasteiger partial charge in [0.2, 0.25) is 12.4 Å². The number of rotatable bonds is 10. The highest BCUT2D eigenvalue weighted by Crippen LogP contribution is 2.42. The smallest absolute Gasteiger partial charge is 0.475 e. The number of carbonyl (C=O) groups is 2. The Kier molecular flexibility index (Phi) is 9.41.